The van der Waals surface area contributed by atoms with Crippen molar-refractivity contribution in [3.63, 3.8) is 0 Å². The molecule has 0 saturated carbocycles. The van der Waals surface area contributed by atoms with Gasteiger partial charge in [0, 0.05) is 11.8 Å². The van der Waals surface area contributed by atoms with Gasteiger partial charge in [0.25, 0.3) is 11.6 Å². The summed E-state index contributed by atoms with van der Waals surface area (Å²) in [5, 5.41) is 13.5. The molecule has 0 aromatic heterocycles. The van der Waals surface area contributed by atoms with Gasteiger partial charge in [0.1, 0.15) is 5.02 Å². The summed E-state index contributed by atoms with van der Waals surface area (Å²) in [6, 6.07) is 10.9. The van der Waals surface area contributed by atoms with Crippen LogP contribution in [0.2, 0.25) is 5.02 Å². The van der Waals surface area contributed by atoms with E-state index in [1.165, 1.54) is 12.1 Å². The van der Waals surface area contributed by atoms with E-state index in [4.69, 9.17) is 16.3 Å². The number of nitro benzene ring substituents is 1. The minimum atomic E-state index is -0.850. The summed E-state index contributed by atoms with van der Waals surface area (Å²) >= 11 is 5.70. The van der Waals surface area contributed by atoms with Crippen molar-refractivity contribution in [2.45, 2.75) is 19.8 Å². The molecule has 0 heterocycles. The number of esters is 1. The molecule has 2 aromatic rings. The van der Waals surface area contributed by atoms with Gasteiger partial charge in [0.2, 0.25) is 0 Å². The number of nitrogens with zero attached hydrogens (tertiary/aromatic N) is 1. The molecule has 8 heteroatoms. The first kappa shape index (κ1) is 19.4. The number of nitrogens with one attached hydrogen (secondary N) is 1. The molecule has 0 saturated heterocycles. The Hall–Kier alpha value is -2.93. The fourth-order valence-corrected chi connectivity index (χ4v) is 2.48. The molecular formula is C18H17ClN2O5. The SMILES string of the molecule is CC(C)c1ccccc1NC(=O)COC(=O)c1ccc(Cl)c([N+](=O)[O-])c1. The Morgan fingerprint density at radius 3 is 2.58 bits per heavy atom. The first-order valence-electron chi connectivity index (χ1n) is 7.79. The summed E-state index contributed by atoms with van der Waals surface area (Å²) in [6.45, 7) is 3.48. The maximum atomic E-state index is 12.0. The van der Waals surface area contributed by atoms with Gasteiger partial charge in [-0.05, 0) is 29.7 Å². The van der Waals surface area contributed by atoms with Crippen LogP contribution in [0.25, 0.3) is 0 Å². The number of nitro groups is 1. The van der Waals surface area contributed by atoms with E-state index in [0.717, 1.165) is 11.6 Å². The van der Waals surface area contributed by atoms with Gasteiger partial charge in [0.15, 0.2) is 6.61 Å². The molecule has 2 aromatic carbocycles. The Kier molecular flexibility index (Phi) is 6.30. The third-order valence-corrected chi connectivity index (χ3v) is 3.89. The van der Waals surface area contributed by atoms with Crippen molar-refractivity contribution >= 4 is 34.9 Å². The van der Waals surface area contributed by atoms with Gasteiger partial charge in [-0.1, -0.05) is 43.6 Å². The van der Waals surface area contributed by atoms with Gasteiger partial charge in [0.05, 0.1) is 10.5 Å². The van der Waals surface area contributed by atoms with Crippen LogP contribution in [0.1, 0.15) is 35.7 Å². The predicted octanol–water partition coefficient (Wildman–Crippen LogP) is 4.17. The van der Waals surface area contributed by atoms with Crippen LogP contribution in [0.3, 0.4) is 0 Å². The van der Waals surface area contributed by atoms with Crippen molar-refractivity contribution in [1.29, 1.82) is 0 Å². The lowest BCUT2D eigenvalue weighted by Crippen LogP contribution is -2.21. The molecule has 0 atom stereocenters. The molecule has 1 amide bonds. The average molecular weight is 377 g/mol. The van der Waals surface area contributed by atoms with Crippen LogP contribution in [0, 0.1) is 10.1 Å². The molecule has 0 radical (unpaired) electrons. The minimum Gasteiger partial charge on any atom is -0.452 e. The Morgan fingerprint density at radius 2 is 1.92 bits per heavy atom. The molecule has 0 aliphatic carbocycles. The molecule has 2 rings (SSSR count). The van der Waals surface area contributed by atoms with E-state index < -0.39 is 29.1 Å². The summed E-state index contributed by atoms with van der Waals surface area (Å²) in [7, 11) is 0. The molecule has 0 unspecified atom stereocenters. The zero-order valence-corrected chi connectivity index (χ0v) is 14.9. The Balaban J connectivity index is 2.01. The number of halogens is 1. The summed E-state index contributed by atoms with van der Waals surface area (Å²) in [5.41, 5.74) is 1.14. The smallest absolute Gasteiger partial charge is 0.338 e. The second-order valence-corrected chi connectivity index (χ2v) is 6.20. The number of anilines is 1. The number of hydrogen-bond acceptors (Lipinski definition) is 5. The minimum absolute atomic E-state index is 0.0588. The van der Waals surface area contributed by atoms with Crippen molar-refractivity contribution in [2.75, 3.05) is 11.9 Å². The fourth-order valence-electron chi connectivity index (χ4n) is 2.29. The molecule has 0 aliphatic heterocycles. The fraction of sp³-hybridized carbons (Fsp3) is 0.222. The second kappa shape index (κ2) is 8.44. The van der Waals surface area contributed by atoms with E-state index in [1.807, 2.05) is 26.0 Å². The zero-order valence-electron chi connectivity index (χ0n) is 14.2. The van der Waals surface area contributed by atoms with Crippen molar-refractivity contribution in [3.05, 3.63) is 68.7 Å². The van der Waals surface area contributed by atoms with Crippen molar-refractivity contribution in [2.24, 2.45) is 0 Å². The van der Waals surface area contributed by atoms with Crippen LogP contribution in [-0.4, -0.2) is 23.4 Å². The highest BCUT2D eigenvalue weighted by atomic mass is 35.5. The Bertz CT molecular complexity index is 851. The molecule has 0 bridgehead atoms. The largest absolute Gasteiger partial charge is 0.452 e. The topological polar surface area (TPSA) is 98.5 Å². The average Bonchev–Trinajstić information content (AvgIpc) is 2.60. The molecule has 0 aliphatic rings. The van der Waals surface area contributed by atoms with Crippen LogP contribution >= 0.6 is 11.6 Å². The van der Waals surface area contributed by atoms with Crippen molar-refractivity contribution < 1.29 is 19.2 Å². The maximum Gasteiger partial charge on any atom is 0.338 e. The van der Waals surface area contributed by atoms with Gasteiger partial charge in [-0.15, -0.1) is 0 Å². The number of ether oxygens (including phenoxy) is 1. The van der Waals surface area contributed by atoms with E-state index in [9.17, 15) is 19.7 Å². The maximum absolute atomic E-state index is 12.0. The molecule has 136 valence electrons. The lowest BCUT2D eigenvalue weighted by atomic mass is 10.0. The van der Waals surface area contributed by atoms with Crippen LogP contribution in [0.4, 0.5) is 11.4 Å². The van der Waals surface area contributed by atoms with E-state index in [-0.39, 0.29) is 16.5 Å². The first-order valence-corrected chi connectivity index (χ1v) is 8.17. The lowest BCUT2D eigenvalue weighted by Gasteiger charge is -2.13. The standard InChI is InChI=1S/C18H17ClN2O5/c1-11(2)13-5-3-4-6-15(13)20-17(22)10-26-18(23)12-7-8-14(19)16(9-12)21(24)25/h3-9,11H,10H2,1-2H3,(H,20,22). The highest BCUT2D eigenvalue weighted by Gasteiger charge is 2.18. The number of hydrogen-bond donors (Lipinski definition) is 1. The molecule has 0 spiro atoms. The third kappa shape index (κ3) is 4.80. The third-order valence-electron chi connectivity index (χ3n) is 3.57. The van der Waals surface area contributed by atoms with Crippen LogP contribution in [0.15, 0.2) is 42.5 Å². The summed E-state index contributed by atoms with van der Waals surface area (Å²) in [4.78, 5) is 34.2. The highest BCUT2D eigenvalue weighted by Crippen LogP contribution is 2.26. The second-order valence-electron chi connectivity index (χ2n) is 5.79. The summed E-state index contributed by atoms with van der Waals surface area (Å²) in [6.07, 6.45) is 0. The van der Waals surface area contributed by atoms with E-state index in [1.54, 1.807) is 12.1 Å². The molecule has 26 heavy (non-hydrogen) atoms. The van der Waals surface area contributed by atoms with E-state index >= 15 is 0 Å². The quantitative estimate of drug-likeness (QED) is 0.463. The number of carbonyl (C=O) groups is 2. The zero-order chi connectivity index (χ0) is 19.3. The van der Waals surface area contributed by atoms with Gasteiger partial charge < -0.3 is 10.1 Å². The monoisotopic (exact) mass is 376 g/mol. The number of rotatable bonds is 6. The van der Waals surface area contributed by atoms with E-state index in [0.29, 0.717) is 5.69 Å². The number of amides is 1. The van der Waals surface area contributed by atoms with Crippen molar-refractivity contribution in [3.8, 4) is 0 Å². The molecule has 7 nitrogen and oxygen atoms in total. The van der Waals surface area contributed by atoms with Gasteiger partial charge in [-0.3, -0.25) is 14.9 Å². The predicted molar refractivity (Wildman–Crippen MR) is 97.5 cm³/mol. The molecule has 1 N–H and O–H groups in total. The van der Waals surface area contributed by atoms with Gasteiger partial charge >= 0.3 is 5.97 Å². The molecule has 0 fully saturated rings. The van der Waals surface area contributed by atoms with Gasteiger partial charge in [-0.25, -0.2) is 4.79 Å². The number of benzene rings is 2. The van der Waals surface area contributed by atoms with Gasteiger partial charge in [-0.2, -0.15) is 0 Å². The van der Waals surface area contributed by atoms with Crippen LogP contribution < -0.4 is 5.32 Å². The first-order chi connectivity index (χ1) is 12.3. The van der Waals surface area contributed by atoms with Crippen LogP contribution in [0.5, 0.6) is 0 Å². The Labute approximate surface area is 155 Å². The molecular weight excluding hydrogens is 360 g/mol. The van der Waals surface area contributed by atoms with Crippen LogP contribution in [-0.2, 0) is 9.53 Å². The van der Waals surface area contributed by atoms with Crippen molar-refractivity contribution in [1.82, 2.24) is 0 Å². The lowest BCUT2D eigenvalue weighted by molar-refractivity contribution is -0.384. The highest BCUT2D eigenvalue weighted by molar-refractivity contribution is 6.32. The number of para-hydroxylation sites is 1. The number of carbonyl (C=O) groups excluding carboxylic acids is 2. The Morgan fingerprint density at radius 1 is 1.23 bits per heavy atom. The summed E-state index contributed by atoms with van der Waals surface area (Å²) in [5.74, 6) is -1.14. The summed E-state index contributed by atoms with van der Waals surface area (Å²) < 4.78 is 4.92. The normalized spacial score (nSPS) is 10.5. The van der Waals surface area contributed by atoms with E-state index in [2.05, 4.69) is 5.32 Å².